The fourth-order valence-electron chi connectivity index (χ4n) is 3.56. The van der Waals surface area contributed by atoms with E-state index in [-0.39, 0.29) is 12.1 Å². The molecule has 0 atom stereocenters. The predicted molar refractivity (Wildman–Crippen MR) is 128 cm³/mol. The van der Waals surface area contributed by atoms with E-state index in [0.29, 0.717) is 34.0 Å². The van der Waals surface area contributed by atoms with Crippen LogP contribution in [0.3, 0.4) is 0 Å². The van der Waals surface area contributed by atoms with E-state index in [2.05, 4.69) is 4.98 Å². The first kappa shape index (κ1) is 20.8. The summed E-state index contributed by atoms with van der Waals surface area (Å²) in [4.78, 5) is 36.7. The van der Waals surface area contributed by atoms with Crippen LogP contribution in [0.25, 0.3) is 21.2 Å². The lowest BCUT2D eigenvalue weighted by atomic mass is 10.1. The number of nitrogens with zero attached hydrogens (tertiary/aromatic N) is 3. The van der Waals surface area contributed by atoms with Crippen LogP contribution in [-0.2, 0) is 6.54 Å². The van der Waals surface area contributed by atoms with Crippen molar-refractivity contribution in [1.29, 1.82) is 0 Å². The summed E-state index contributed by atoms with van der Waals surface area (Å²) < 4.78 is 12.0. The Bertz CT molecular complexity index is 1510. The lowest BCUT2D eigenvalue weighted by molar-refractivity contribution is 0.0981. The minimum atomic E-state index is -0.689. The number of rotatable bonds is 6. The maximum Gasteiger partial charge on any atom is 0.349 e. The molecule has 0 N–H and O–H groups in total. The van der Waals surface area contributed by atoms with Crippen LogP contribution in [-0.4, -0.2) is 22.5 Å². The molecule has 5 rings (SSSR count). The highest BCUT2D eigenvalue weighted by Crippen LogP contribution is 2.35. The average molecular weight is 458 g/mol. The number of para-hydroxylation sites is 2. The summed E-state index contributed by atoms with van der Waals surface area (Å²) >= 11 is 1.36. The van der Waals surface area contributed by atoms with E-state index in [1.165, 1.54) is 16.2 Å². The van der Waals surface area contributed by atoms with Crippen molar-refractivity contribution >= 4 is 43.6 Å². The molecule has 7 nitrogen and oxygen atoms in total. The summed E-state index contributed by atoms with van der Waals surface area (Å²) in [5.74, 6) is 0.159. The van der Waals surface area contributed by atoms with Crippen molar-refractivity contribution in [2.75, 3.05) is 11.5 Å². The zero-order valence-electron chi connectivity index (χ0n) is 17.7. The molecule has 3 aromatic heterocycles. The molecule has 2 aromatic carbocycles. The van der Waals surface area contributed by atoms with Gasteiger partial charge in [-0.25, -0.2) is 9.78 Å². The highest BCUT2D eigenvalue weighted by Gasteiger charge is 2.26. The second-order valence-corrected chi connectivity index (χ2v) is 8.28. The van der Waals surface area contributed by atoms with Crippen LogP contribution in [0.1, 0.15) is 22.8 Å². The van der Waals surface area contributed by atoms with Crippen molar-refractivity contribution in [2.24, 2.45) is 0 Å². The van der Waals surface area contributed by atoms with Gasteiger partial charge in [0.05, 0.1) is 17.9 Å². The van der Waals surface area contributed by atoms with Crippen LogP contribution in [0, 0.1) is 0 Å². The van der Waals surface area contributed by atoms with E-state index in [0.717, 1.165) is 10.3 Å². The van der Waals surface area contributed by atoms with Gasteiger partial charge < -0.3 is 9.15 Å². The zero-order chi connectivity index (χ0) is 22.8. The summed E-state index contributed by atoms with van der Waals surface area (Å²) in [6, 6.07) is 18.0. The number of carbonyl (C=O) groups is 1. The van der Waals surface area contributed by atoms with E-state index in [1.807, 2.05) is 37.3 Å². The molecular formula is C25H19N3O4S. The van der Waals surface area contributed by atoms with Crippen molar-refractivity contribution in [2.45, 2.75) is 13.5 Å². The van der Waals surface area contributed by atoms with Gasteiger partial charge in [0.1, 0.15) is 22.4 Å². The minimum absolute atomic E-state index is 0.0538. The summed E-state index contributed by atoms with van der Waals surface area (Å²) in [5.41, 5.74) is 1.17. The SMILES string of the molecule is CCOc1cccc2sc(N(Cc3cccnc3)C(=O)c3cc4ccccc4oc3=O)nc12. The Kier molecular flexibility index (Phi) is 5.58. The average Bonchev–Trinajstić information content (AvgIpc) is 3.27. The lowest BCUT2D eigenvalue weighted by Crippen LogP contribution is -2.33. The van der Waals surface area contributed by atoms with Crippen molar-refractivity contribution < 1.29 is 13.9 Å². The summed E-state index contributed by atoms with van der Waals surface area (Å²) in [7, 11) is 0. The third-order valence-electron chi connectivity index (χ3n) is 5.08. The molecule has 3 heterocycles. The summed E-state index contributed by atoms with van der Waals surface area (Å²) in [6.45, 7) is 2.61. The Balaban J connectivity index is 1.63. The van der Waals surface area contributed by atoms with E-state index in [9.17, 15) is 9.59 Å². The first-order valence-electron chi connectivity index (χ1n) is 10.4. The number of ether oxygens (including phenoxy) is 1. The molecule has 0 saturated heterocycles. The van der Waals surface area contributed by atoms with Gasteiger partial charge in [-0.3, -0.25) is 14.7 Å². The fraction of sp³-hybridized carbons (Fsp3) is 0.120. The number of hydrogen-bond acceptors (Lipinski definition) is 7. The van der Waals surface area contributed by atoms with Crippen LogP contribution in [0.2, 0.25) is 0 Å². The number of fused-ring (bicyclic) bond motifs is 2. The molecule has 164 valence electrons. The molecule has 33 heavy (non-hydrogen) atoms. The molecule has 0 bridgehead atoms. The highest BCUT2D eigenvalue weighted by atomic mass is 32.1. The number of hydrogen-bond donors (Lipinski definition) is 0. The minimum Gasteiger partial charge on any atom is -0.492 e. The molecule has 0 aliphatic heterocycles. The monoisotopic (exact) mass is 457 g/mol. The maximum atomic E-state index is 13.7. The second-order valence-electron chi connectivity index (χ2n) is 7.27. The Hall–Kier alpha value is -4.04. The number of anilines is 1. The number of benzene rings is 2. The van der Waals surface area contributed by atoms with Crippen LogP contribution in [0.5, 0.6) is 5.75 Å². The quantitative estimate of drug-likeness (QED) is 0.332. The Morgan fingerprint density at radius 3 is 2.82 bits per heavy atom. The first-order chi connectivity index (χ1) is 16.1. The van der Waals surface area contributed by atoms with Crippen molar-refractivity contribution in [3.8, 4) is 5.75 Å². The van der Waals surface area contributed by atoms with Gasteiger partial charge in [-0.05, 0) is 42.8 Å². The molecule has 0 aliphatic rings. The van der Waals surface area contributed by atoms with Gasteiger partial charge in [0, 0.05) is 17.8 Å². The first-order valence-corrected chi connectivity index (χ1v) is 11.2. The van der Waals surface area contributed by atoms with Crippen LogP contribution in [0.4, 0.5) is 5.13 Å². The fourth-order valence-corrected chi connectivity index (χ4v) is 4.54. The molecule has 0 spiro atoms. The molecule has 0 radical (unpaired) electrons. The van der Waals surface area contributed by atoms with Gasteiger partial charge >= 0.3 is 5.63 Å². The molecule has 0 saturated carbocycles. The van der Waals surface area contributed by atoms with Gasteiger partial charge in [0.25, 0.3) is 5.91 Å². The van der Waals surface area contributed by atoms with E-state index in [4.69, 9.17) is 14.1 Å². The Morgan fingerprint density at radius 1 is 1.12 bits per heavy atom. The molecule has 0 aliphatic carbocycles. The molecular weight excluding hydrogens is 438 g/mol. The standard InChI is InChI=1S/C25H19N3O4S/c1-2-31-20-10-5-11-21-22(20)27-25(33-21)28(15-16-7-6-12-26-14-16)23(29)18-13-17-8-3-4-9-19(17)32-24(18)30/h3-14H,2,15H2,1H3. The number of carbonyl (C=O) groups excluding carboxylic acids is 1. The Morgan fingerprint density at radius 2 is 2.00 bits per heavy atom. The van der Waals surface area contributed by atoms with Gasteiger partial charge in [-0.1, -0.05) is 41.7 Å². The zero-order valence-corrected chi connectivity index (χ0v) is 18.5. The van der Waals surface area contributed by atoms with Gasteiger partial charge in [0.15, 0.2) is 5.13 Å². The van der Waals surface area contributed by atoms with Gasteiger partial charge in [0.2, 0.25) is 0 Å². The number of amides is 1. The highest BCUT2D eigenvalue weighted by molar-refractivity contribution is 7.22. The maximum absolute atomic E-state index is 13.7. The normalized spacial score (nSPS) is 11.1. The van der Waals surface area contributed by atoms with Crippen LogP contribution >= 0.6 is 11.3 Å². The number of thiazole rings is 1. The van der Waals surface area contributed by atoms with Crippen LogP contribution < -0.4 is 15.3 Å². The molecule has 0 unspecified atom stereocenters. The van der Waals surface area contributed by atoms with Crippen LogP contribution in [0.15, 0.2) is 82.3 Å². The van der Waals surface area contributed by atoms with Gasteiger partial charge in [-0.15, -0.1) is 0 Å². The van der Waals surface area contributed by atoms with E-state index < -0.39 is 11.5 Å². The smallest absolute Gasteiger partial charge is 0.349 e. The van der Waals surface area contributed by atoms with Crippen molar-refractivity contribution in [3.05, 3.63) is 94.6 Å². The van der Waals surface area contributed by atoms with E-state index >= 15 is 0 Å². The lowest BCUT2D eigenvalue weighted by Gasteiger charge is -2.19. The van der Waals surface area contributed by atoms with Crippen molar-refractivity contribution in [3.63, 3.8) is 0 Å². The molecule has 8 heteroatoms. The van der Waals surface area contributed by atoms with E-state index in [1.54, 1.807) is 42.7 Å². The summed E-state index contributed by atoms with van der Waals surface area (Å²) in [6.07, 6.45) is 3.35. The number of aromatic nitrogens is 2. The topological polar surface area (TPSA) is 85.5 Å². The second kappa shape index (κ2) is 8.84. The summed E-state index contributed by atoms with van der Waals surface area (Å²) in [5, 5.41) is 1.13. The predicted octanol–water partition coefficient (Wildman–Crippen LogP) is 5.04. The largest absolute Gasteiger partial charge is 0.492 e. The Labute approximate surface area is 192 Å². The third kappa shape index (κ3) is 4.08. The van der Waals surface area contributed by atoms with Crippen molar-refractivity contribution in [1.82, 2.24) is 9.97 Å². The molecule has 0 fully saturated rings. The molecule has 1 amide bonds. The molecule has 5 aromatic rings. The third-order valence-corrected chi connectivity index (χ3v) is 6.13. The van der Waals surface area contributed by atoms with Gasteiger partial charge in [-0.2, -0.15) is 0 Å². The number of pyridine rings is 1.